The lowest BCUT2D eigenvalue weighted by atomic mass is 10.1. The van der Waals surface area contributed by atoms with Crippen LogP contribution < -0.4 is 0 Å². The van der Waals surface area contributed by atoms with Gasteiger partial charge in [-0.1, -0.05) is 31.5 Å². The molecular weight excluding hydrogens is 348 g/mol. The molecule has 1 aromatic carbocycles. The fraction of sp³-hybridized carbons (Fsp3) is 0.450. The molecule has 0 aliphatic rings. The minimum absolute atomic E-state index is 0.0152. The summed E-state index contributed by atoms with van der Waals surface area (Å²) in [4.78, 5) is 30.9. The number of carbonyl (C=O) groups excluding carboxylic acids is 2. The van der Waals surface area contributed by atoms with Crippen molar-refractivity contribution in [1.29, 1.82) is 0 Å². The molecule has 0 fully saturated rings. The van der Waals surface area contributed by atoms with Crippen LogP contribution in [0.3, 0.4) is 0 Å². The van der Waals surface area contributed by atoms with Gasteiger partial charge in [-0.2, -0.15) is 0 Å². The third kappa shape index (κ3) is 5.66. The molecule has 1 amide bonds. The van der Waals surface area contributed by atoms with Crippen LogP contribution in [0, 0.1) is 12.8 Å². The van der Waals surface area contributed by atoms with Crippen molar-refractivity contribution in [2.24, 2.45) is 5.92 Å². The lowest BCUT2D eigenvalue weighted by molar-refractivity contribution is 0.0520. The van der Waals surface area contributed by atoms with E-state index in [2.05, 4.69) is 18.8 Å². The molecule has 2 rings (SSSR count). The van der Waals surface area contributed by atoms with Crippen LogP contribution in [0.1, 0.15) is 58.6 Å². The zero-order chi connectivity index (χ0) is 19.1. The van der Waals surface area contributed by atoms with Gasteiger partial charge < -0.3 is 9.64 Å². The predicted molar refractivity (Wildman–Crippen MR) is 103 cm³/mol. The number of rotatable bonds is 8. The van der Waals surface area contributed by atoms with E-state index >= 15 is 0 Å². The van der Waals surface area contributed by atoms with Crippen LogP contribution >= 0.6 is 11.3 Å². The van der Waals surface area contributed by atoms with Gasteiger partial charge in [-0.3, -0.25) is 4.79 Å². The number of ether oxygens (including phenoxy) is 1. The van der Waals surface area contributed by atoms with Crippen LogP contribution in [0.2, 0.25) is 0 Å². The largest absolute Gasteiger partial charge is 0.461 e. The van der Waals surface area contributed by atoms with Gasteiger partial charge in [0.1, 0.15) is 5.01 Å². The van der Waals surface area contributed by atoms with Crippen molar-refractivity contribution < 1.29 is 14.3 Å². The Bertz CT molecular complexity index is 738. The maximum atomic E-state index is 12.9. The minimum Gasteiger partial charge on any atom is -0.461 e. The molecule has 0 aliphatic heterocycles. The van der Waals surface area contributed by atoms with E-state index in [0.717, 1.165) is 17.0 Å². The molecule has 0 saturated heterocycles. The molecule has 6 heteroatoms. The average molecular weight is 375 g/mol. The van der Waals surface area contributed by atoms with Gasteiger partial charge in [0.15, 0.2) is 5.69 Å². The Hall–Kier alpha value is -2.21. The molecule has 0 saturated carbocycles. The summed E-state index contributed by atoms with van der Waals surface area (Å²) in [7, 11) is 0. The fourth-order valence-corrected chi connectivity index (χ4v) is 3.17. The number of amides is 1. The van der Waals surface area contributed by atoms with Gasteiger partial charge in [-0.05, 0) is 38.3 Å². The molecule has 0 aliphatic carbocycles. The summed E-state index contributed by atoms with van der Waals surface area (Å²) in [5, 5.41) is 2.42. The van der Waals surface area contributed by atoms with Gasteiger partial charge in [-0.15, -0.1) is 11.3 Å². The van der Waals surface area contributed by atoms with Crippen molar-refractivity contribution in [2.75, 3.05) is 13.2 Å². The van der Waals surface area contributed by atoms with E-state index in [0.29, 0.717) is 36.9 Å². The predicted octanol–water partition coefficient (Wildman–Crippen LogP) is 4.32. The highest BCUT2D eigenvalue weighted by molar-refractivity contribution is 7.09. The minimum atomic E-state index is -0.423. The Morgan fingerprint density at radius 3 is 2.54 bits per heavy atom. The second-order valence-corrected chi connectivity index (χ2v) is 7.56. The highest BCUT2D eigenvalue weighted by Crippen LogP contribution is 2.17. The highest BCUT2D eigenvalue weighted by atomic mass is 32.1. The molecule has 5 nitrogen and oxygen atoms in total. The van der Waals surface area contributed by atoms with Crippen LogP contribution in [-0.4, -0.2) is 34.9 Å². The highest BCUT2D eigenvalue weighted by Gasteiger charge is 2.19. The number of benzene rings is 1. The Kier molecular flexibility index (Phi) is 7.33. The maximum absolute atomic E-state index is 12.9. The van der Waals surface area contributed by atoms with Crippen molar-refractivity contribution in [3.8, 4) is 0 Å². The van der Waals surface area contributed by atoms with E-state index in [-0.39, 0.29) is 5.91 Å². The summed E-state index contributed by atoms with van der Waals surface area (Å²) in [6.45, 7) is 9.39. The third-order valence-corrected chi connectivity index (χ3v) is 4.76. The summed E-state index contributed by atoms with van der Waals surface area (Å²) in [6, 6.07) is 7.59. The van der Waals surface area contributed by atoms with E-state index in [1.54, 1.807) is 17.2 Å². The third-order valence-electron chi connectivity index (χ3n) is 3.92. The number of nitrogens with zero attached hydrogens (tertiary/aromatic N) is 2. The summed E-state index contributed by atoms with van der Waals surface area (Å²) in [5.41, 5.74) is 2.09. The van der Waals surface area contributed by atoms with Gasteiger partial charge in [0.05, 0.1) is 13.2 Å². The van der Waals surface area contributed by atoms with E-state index < -0.39 is 5.97 Å². The first-order valence-electron chi connectivity index (χ1n) is 8.88. The second-order valence-electron chi connectivity index (χ2n) is 6.62. The van der Waals surface area contributed by atoms with Gasteiger partial charge in [0, 0.05) is 17.5 Å². The maximum Gasteiger partial charge on any atom is 0.357 e. The first kappa shape index (κ1) is 20.1. The van der Waals surface area contributed by atoms with Crippen molar-refractivity contribution in [3.63, 3.8) is 0 Å². The zero-order valence-corrected chi connectivity index (χ0v) is 16.6. The molecule has 1 aromatic heterocycles. The van der Waals surface area contributed by atoms with Crippen molar-refractivity contribution in [1.82, 2.24) is 9.88 Å². The number of thiazole rings is 1. The lowest BCUT2D eigenvalue weighted by Gasteiger charge is -2.23. The first-order chi connectivity index (χ1) is 12.4. The Morgan fingerprint density at radius 2 is 1.92 bits per heavy atom. The number of esters is 1. The van der Waals surface area contributed by atoms with Crippen LogP contribution in [0.5, 0.6) is 0 Å². The van der Waals surface area contributed by atoms with Gasteiger partial charge >= 0.3 is 5.97 Å². The zero-order valence-electron chi connectivity index (χ0n) is 15.8. The first-order valence-corrected chi connectivity index (χ1v) is 9.76. The molecule has 0 bridgehead atoms. The lowest BCUT2D eigenvalue weighted by Crippen LogP contribution is -2.32. The quantitative estimate of drug-likeness (QED) is 0.646. The summed E-state index contributed by atoms with van der Waals surface area (Å²) in [5.74, 6) is 0.0573. The molecule has 0 atom stereocenters. The summed E-state index contributed by atoms with van der Waals surface area (Å²) < 4.78 is 4.98. The van der Waals surface area contributed by atoms with Crippen molar-refractivity contribution >= 4 is 23.2 Å². The topological polar surface area (TPSA) is 59.5 Å². The Balaban J connectivity index is 2.15. The van der Waals surface area contributed by atoms with E-state index in [1.807, 2.05) is 31.2 Å². The van der Waals surface area contributed by atoms with E-state index in [1.165, 1.54) is 11.3 Å². The summed E-state index contributed by atoms with van der Waals surface area (Å²) >= 11 is 1.38. The second kappa shape index (κ2) is 9.48. The van der Waals surface area contributed by atoms with Crippen LogP contribution in [0.4, 0.5) is 0 Å². The molecule has 0 spiro atoms. The Morgan fingerprint density at radius 1 is 1.23 bits per heavy atom. The van der Waals surface area contributed by atoms with Gasteiger partial charge in [0.2, 0.25) is 0 Å². The number of aromatic nitrogens is 1. The van der Waals surface area contributed by atoms with E-state index in [4.69, 9.17) is 4.74 Å². The number of hydrogen-bond donors (Lipinski definition) is 0. The van der Waals surface area contributed by atoms with Crippen LogP contribution in [0.25, 0.3) is 0 Å². The fourth-order valence-electron chi connectivity index (χ4n) is 2.39. The molecular formula is C20H26N2O3S. The molecule has 0 unspecified atom stereocenters. The number of hydrogen-bond acceptors (Lipinski definition) is 5. The SMILES string of the molecule is CCOC(=O)c1csc(CN(CCC(C)C)C(=O)c2ccc(C)cc2)n1. The molecule has 0 radical (unpaired) electrons. The number of aryl methyl sites for hydroxylation is 1. The monoisotopic (exact) mass is 374 g/mol. The number of carbonyl (C=O) groups is 2. The van der Waals surface area contributed by atoms with Crippen LogP contribution in [0.15, 0.2) is 29.6 Å². The average Bonchev–Trinajstić information content (AvgIpc) is 3.07. The molecule has 26 heavy (non-hydrogen) atoms. The molecule has 140 valence electrons. The van der Waals surface area contributed by atoms with Crippen molar-refractivity contribution in [2.45, 2.75) is 40.7 Å². The van der Waals surface area contributed by atoms with Gasteiger partial charge in [0.25, 0.3) is 5.91 Å². The molecule has 0 N–H and O–H groups in total. The van der Waals surface area contributed by atoms with Gasteiger partial charge in [-0.25, -0.2) is 9.78 Å². The summed E-state index contributed by atoms with van der Waals surface area (Å²) in [6.07, 6.45) is 0.910. The smallest absolute Gasteiger partial charge is 0.357 e. The van der Waals surface area contributed by atoms with E-state index in [9.17, 15) is 9.59 Å². The normalized spacial score (nSPS) is 10.8. The standard InChI is InChI=1S/C20H26N2O3S/c1-5-25-20(24)17-13-26-18(21-17)12-22(11-10-14(2)3)19(23)16-8-6-15(4)7-9-16/h6-9,13-14H,5,10-12H2,1-4H3. The molecule has 1 heterocycles. The Labute approximate surface area is 159 Å². The van der Waals surface area contributed by atoms with Crippen LogP contribution in [-0.2, 0) is 11.3 Å². The van der Waals surface area contributed by atoms with Crippen molar-refractivity contribution in [3.05, 3.63) is 51.5 Å². The molecule has 2 aromatic rings.